The van der Waals surface area contributed by atoms with Crippen molar-refractivity contribution in [1.82, 2.24) is 0 Å². The third-order valence-electron chi connectivity index (χ3n) is 5.98. The molecule has 1 saturated heterocycles. The summed E-state index contributed by atoms with van der Waals surface area (Å²) in [5, 5.41) is 0. The zero-order valence-electron chi connectivity index (χ0n) is 20.4. The first-order chi connectivity index (χ1) is 17.5. The fourth-order valence-corrected chi connectivity index (χ4v) is 4.03. The number of nitrogen functional groups attached to an aromatic ring is 1. The van der Waals surface area contributed by atoms with Crippen LogP contribution in [0.5, 0.6) is 0 Å². The van der Waals surface area contributed by atoms with E-state index in [9.17, 15) is 9.59 Å². The second-order valence-electron chi connectivity index (χ2n) is 8.65. The predicted molar refractivity (Wildman–Crippen MR) is 146 cm³/mol. The van der Waals surface area contributed by atoms with Crippen molar-refractivity contribution in [3.63, 3.8) is 0 Å². The Bertz CT molecular complexity index is 1280. The molecule has 3 radical (unpaired) electrons. The van der Waals surface area contributed by atoms with Crippen molar-refractivity contribution < 1.29 is 40.7 Å². The number of nitrogens with zero attached hydrogens (tertiary/aromatic N) is 1. The molecule has 2 amide bonds. The van der Waals surface area contributed by atoms with Crippen LogP contribution in [0.2, 0.25) is 5.82 Å². The van der Waals surface area contributed by atoms with Crippen LogP contribution in [0.15, 0.2) is 97.1 Å². The van der Waals surface area contributed by atoms with Gasteiger partial charge < -0.3 is 5.73 Å². The van der Waals surface area contributed by atoms with E-state index < -0.39 is 5.82 Å². The van der Waals surface area contributed by atoms with Crippen LogP contribution in [0.1, 0.15) is 28.7 Å². The Morgan fingerprint density at radius 3 is 1.62 bits per heavy atom. The van der Waals surface area contributed by atoms with E-state index in [0.717, 1.165) is 24.1 Å². The Labute approximate surface area is 244 Å². The summed E-state index contributed by atoms with van der Waals surface area (Å²) in [6, 6.07) is 37.3. The Hall–Kier alpha value is -3.00. The molecule has 37 heavy (non-hydrogen) atoms. The molecule has 0 spiro atoms. The van der Waals surface area contributed by atoms with Gasteiger partial charge in [0, 0.05) is 25.7 Å². The first-order valence-electron chi connectivity index (χ1n) is 11.8. The first kappa shape index (κ1) is 28.6. The van der Waals surface area contributed by atoms with Gasteiger partial charge >= 0.3 is 31.1 Å². The van der Waals surface area contributed by atoms with Gasteiger partial charge in [-0.25, -0.2) is 0 Å². The summed E-state index contributed by atoms with van der Waals surface area (Å²) in [5.74, 6) is -0.963. The number of hydrogen-bond donors (Lipinski definition) is 1. The SMILES string of the molecule is Nc1ccc(Cc2cc[c-]cc2)cc1.[B][B]C1CC(=O)N(c2ccc(Cc3cc[c-]cc3)cc2)C1=O.[U+2]. The normalized spacial score (nSPS) is 14.4. The van der Waals surface area contributed by atoms with Crippen molar-refractivity contribution >= 4 is 38.1 Å². The number of anilines is 2. The van der Waals surface area contributed by atoms with Crippen LogP contribution >= 0.6 is 0 Å². The number of amides is 2. The molecule has 1 atom stereocenters. The molecule has 1 heterocycles. The summed E-state index contributed by atoms with van der Waals surface area (Å²) >= 11 is 0. The minimum atomic E-state index is -0.507. The van der Waals surface area contributed by atoms with Crippen molar-refractivity contribution in [3.8, 4) is 0 Å². The fourth-order valence-electron chi connectivity index (χ4n) is 4.03. The third kappa shape index (κ3) is 7.99. The average Bonchev–Trinajstić information content (AvgIpc) is 3.20. The Kier molecular flexibility index (Phi) is 10.9. The van der Waals surface area contributed by atoms with Crippen LogP contribution in [-0.2, 0) is 22.4 Å². The van der Waals surface area contributed by atoms with Crippen molar-refractivity contribution in [2.75, 3.05) is 10.6 Å². The molecule has 0 aliphatic carbocycles. The maximum atomic E-state index is 12.1. The monoisotopic (exact) mass is 705 g/mol. The molecule has 2 N–H and O–H groups in total. The summed E-state index contributed by atoms with van der Waals surface area (Å²) < 4.78 is 0. The van der Waals surface area contributed by atoms with Crippen LogP contribution in [0.25, 0.3) is 0 Å². The van der Waals surface area contributed by atoms with Gasteiger partial charge in [0.1, 0.15) is 0 Å². The molecule has 1 unspecified atom stereocenters. The quantitative estimate of drug-likeness (QED) is 0.139. The molecular formula is C30H25B2N2O2U. The fraction of sp³-hybridized carbons (Fsp3) is 0.133. The molecule has 0 saturated carbocycles. The zero-order chi connectivity index (χ0) is 25.3. The molecule has 4 nitrogen and oxygen atoms in total. The van der Waals surface area contributed by atoms with Crippen molar-refractivity contribution in [1.29, 1.82) is 0 Å². The number of nitrogens with two attached hydrogens (primary N) is 1. The molecule has 0 bridgehead atoms. The van der Waals surface area contributed by atoms with Crippen LogP contribution < -0.4 is 10.6 Å². The van der Waals surface area contributed by atoms with Crippen LogP contribution in [0.4, 0.5) is 11.4 Å². The van der Waals surface area contributed by atoms with E-state index >= 15 is 0 Å². The maximum absolute atomic E-state index is 12.1. The van der Waals surface area contributed by atoms with Crippen molar-refractivity contribution in [2.45, 2.75) is 25.1 Å². The molecule has 4 aromatic carbocycles. The van der Waals surface area contributed by atoms with Crippen LogP contribution in [-0.4, -0.2) is 26.7 Å². The first-order valence-corrected chi connectivity index (χ1v) is 11.8. The van der Waals surface area contributed by atoms with E-state index in [4.69, 9.17) is 13.5 Å². The van der Waals surface area contributed by atoms with Crippen LogP contribution in [0, 0.1) is 43.2 Å². The predicted octanol–water partition coefficient (Wildman–Crippen LogP) is 4.58. The van der Waals surface area contributed by atoms with Crippen LogP contribution in [0.3, 0.4) is 0 Å². The summed E-state index contributed by atoms with van der Waals surface area (Å²) in [7, 11) is 6.70. The van der Waals surface area contributed by atoms with E-state index in [0.29, 0.717) is 5.69 Å². The number of imide groups is 1. The number of carbonyl (C=O) groups excluding carboxylic acids is 2. The van der Waals surface area contributed by atoms with Gasteiger partial charge in [0.2, 0.25) is 11.8 Å². The molecule has 177 valence electrons. The second-order valence-corrected chi connectivity index (χ2v) is 8.65. The third-order valence-corrected chi connectivity index (χ3v) is 5.98. The number of carbonyl (C=O) groups is 2. The molecule has 7 heteroatoms. The molecule has 1 aliphatic heterocycles. The Balaban J connectivity index is 0.000000220. The van der Waals surface area contributed by atoms with Crippen molar-refractivity contribution in [3.05, 3.63) is 131 Å². The summed E-state index contributed by atoms with van der Waals surface area (Å²) in [6.45, 7) is 0. The molecule has 1 aliphatic rings. The standard InChI is InChI=1S/C17H13B2NO2.C13H12N.U/c18-19-15-11-16(21)20(17(15)22)14-8-6-13(7-9-14)10-12-4-2-1-3-5-12;14-13-8-6-12(7-9-13)10-11-4-2-1-3-5-11;/h2-9,15H,10-11H2;2-9H,10,14H2;/q2*-1;+2. The van der Waals surface area contributed by atoms with E-state index in [2.05, 4.69) is 36.4 Å². The Morgan fingerprint density at radius 2 is 1.19 bits per heavy atom. The minimum absolute atomic E-state index is 0. The molecule has 0 aromatic heterocycles. The molecular weight excluding hydrogens is 680 g/mol. The van der Waals surface area contributed by atoms with Gasteiger partial charge in [-0.1, -0.05) is 24.3 Å². The number of rotatable bonds is 6. The minimum Gasteiger partial charge on any atom is -0.399 e. The molecule has 5 rings (SSSR count). The van der Waals surface area contributed by atoms with Gasteiger partial charge in [0.05, 0.1) is 12.9 Å². The topological polar surface area (TPSA) is 63.4 Å². The van der Waals surface area contributed by atoms with Gasteiger partial charge in [-0.15, -0.1) is 0 Å². The van der Waals surface area contributed by atoms with Gasteiger partial charge in [-0.05, 0) is 48.2 Å². The van der Waals surface area contributed by atoms with E-state index in [1.807, 2.05) is 60.7 Å². The smallest absolute Gasteiger partial charge is 0.399 e. The van der Waals surface area contributed by atoms with E-state index in [1.165, 1.54) is 28.8 Å². The average molecular weight is 705 g/mol. The summed E-state index contributed by atoms with van der Waals surface area (Å²) in [5.41, 5.74) is 11.9. The number of hydrogen-bond acceptors (Lipinski definition) is 3. The summed E-state index contributed by atoms with van der Waals surface area (Å²) in [6.07, 6.45) is 1.91. The summed E-state index contributed by atoms with van der Waals surface area (Å²) in [4.78, 5) is 25.3. The van der Waals surface area contributed by atoms with E-state index in [1.54, 1.807) is 12.1 Å². The van der Waals surface area contributed by atoms with Gasteiger partial charge in [-0.2, -0.15) is 71.8 Å². The van der Waals surface area contributed by atoms with Gasteiger partial charge in [0.25, 0.3) is 0 Å². The largest absolute Gasteiger partial charge is 2.00 e. The van der Waals surface area contributed by atoms with E-state index in [-0.39, 0.29) is 49.3 Å². The number of benzene rings is 4. The molecule has 1 fully saturated rings. The molecule has 4 aromatic rings. The second kappa shape index (κ2) is 14.1. The zero-order valence-corrected chi connectivity index (χ0v) is 24.6. The maximum Gasteiger partial charge on any atom is 2.00 e. The van der Waals surface area contributed by atoms with Gasteiger partial charge in [-0.3, -0.25) is 14.5 Å². The Morgan fingerprint density at radius 1 is 0.757 bits per heavy atom. The van der Waals surface area contributed by atoms with Crippen molar-refractivity contribution in [2.24, 2.45) is 0 Å². The van der Waals surface area contributed by atoms with Gasteiger partial charge in [0.15, 0.2) is 0 Å².